The summed E-state index contributed by atoms with van der Waals surface area (Å²) >= 11 is 0.720. The zero-order valence-electron chi connectivity index (χ0n) is 4.81. The zero-order valence-corrected chi connectivity index (χ0v) is 5.62. The predicted octanol–water partition coefficient (Wildman–Crippen LogP) is 1.60. The van der Waals surface area contributed by atoms with Crippen molar-refractivity contribution < 1.29 is 4.21 Å². The van der Waals surface area contributed by atoms with E-state index in [2.05, 4.69) is 0 Å². The highest BCUT2D eigenvalue weighted by Gasteiger charge is 2.13. The minimum absolute atomic E-state index is 0.347. The highest BCUT2D eigenvalue weighted by molar-refractivity contribution is 7.66. The summed E-state index contributed by atoms with van der Waals surface area (Å²) in [4.78, 5) is 0. The molecule has 42 valence electrons. The van der Waals surface area contributed by atoms with Crippen molar-refractivity contribution in [1.82, 2.24) is 0 Å². The van der Waals surface area contributed by atoms with Crippen molar-refractivity contribution in [3.63, 3.8) is 0 Å². The number of rotatable bonds is 3. The van der Waals surface area contributed by atoms with E-state index in [1.807, 2.05) is 13.8 Å². The Bertz CT molecular complexity index is 50.0. The van der Waals surface area contributed by atoms with E-state index in [-0.39, 0.29) is 0 Å². The van der Waals surface area contributed by atoms with E-state index in [1.54, 1.807) is 0 Å². The third-order valence-corrected chi connectivity index (χ3v) is 1.99. The maximum Gasteiger partial charge on any atom is 0.462 e. The van der Waals surface area contributed by atoms with Crippen LogP contribution in [0.1, 0.15) is 26.7 Å². The average Bonchev–Trinajstić information content (AvgIpc) is 1.72. The molecule has 0 aromatic heterocycles. The molecular weight excluding hydrogens is 108 g/mol. The topological polar surface area (TPSA) is 17.1 Å². The fraction of sp³-hybridized carbons (Fsp3) is 1.00. The number of hydrogen-bond donors (Lipinski definition) is 0. The summed E-state index contributed by atoms with van der Waals surface area (Å²) in [6, 6.07) is 0. The van der Waals surface area contributed by atoms with Crippen LogP contribution < -0.4 is 0 Å². The van der Waals surface area contributed by atoms with Crippen LogP contribution in [0.25, 0.3) is 0 Å². The zero-order chi connectivity index (χ0) is 5.70. The molecule has 0 unspecified atom stereocenters. The van der Waals surface area contributed by atoms with Crippen molar-refractivity contribution in [3.05, 3.63) is 0 Å². The second-order valence-electron chi connectivity index (χ2n) is 1.53. The third kappa shape index (κ3) is 2.68. The Morgan fingerprint density at radius 2 is 1.86 bits per heavy atom. The Hall–Kier alpha value is 0.0200. The van der Waals surface area contributed by atoms with Gasteiger partial charge in [-0.1, -0.05) is 13.8 Å². The van der Waals surface area contributed by atoms with E-state index >= 15 is 0 Å². The van der Waals surface area contributed by atoms with Crippen LogP contribution in [0, 0.1) is 0 Å². The van der Waals surface area contributed by atoms with Crippen LogP contribution in [0.4, 0.5) is 0 Å². The second-order valence-corrected chi connectivity index (χ2v) is 2.39. The molecule has 0 rings (SSSR count). The van der Waals surface area contributed by atoms with Gasteiger partial charge < -0.3 is 0 Å². The fourth-order valence-corrected chi connectivity index (χ4v) is 0.697. The van der Waals surface area contributed by atoms with E-state index in [9.17, 15) is 4.21 Å². The normalized spacial score (nSPS) is 9.57. The molecular formula is C5H11OS+. The van der Waals surface area contributed by atoms with Gasteiger partial charge >= 0.3 is 11.7 Å². The van der Waals surface area contributed by atoms with Gasteiger partial charge in [-0.25, -0.2) is 0 Å². The van der Waals surface area contributed by atoms with Gasteiger partial charge in [0.05, 0.1) is 0 Å². The largest absolute Gasteiger partial charge is 0.462 e. The molecule has 0 spiro atoms. The van der Waals surface area contributed by atoms with E-state index in [0.717, 1.165) is 24.5 Å². The van der Waals surface area contributed by atoms with Crippen molar-refractivity contribution in [2.75, 3.05) is 0 Å². The van der Waals surface area contributed by atoms with Crippen LogP contribution in [0.3, 0.4) is 0 Å². The van der Waals surface area contributed by atoms with Crippen molar-refractivity contribution in [1.29, 1.82) is 0 Å². The summed E-state index contributed by atoms with van der Waals surface area (Å²) in [5.41, 5.74) is 0. The van der Waals surface area contributed by atoms with Crippen molar-refractivity contribution >= 4 is 11.7 Å². The lowest BCUT2D eigenvalue weighted by molar-refractivity contribution is 0.593. The Labute approximate surface area is 48.6 Å². The van der Waals surface area contributed by atoms with E-state index < -0.39 is 0 Å². The first kappa shape index (κ1) is 7.02. The highest BCUT2D eigenvalue weighted by atomic mass is 32.1. The molecule has 2 heteroatoms. The van der Waals surface area contributed by atoms with Crippen LogP contribution in [0.2, 0.25) is 0 Å². The van der Waals surface area contributed by atoms with Crippen LogP contribution in [-0.4, -0.2) is 5.25 Å². The highest BCUT2D eigenvalue weighted by Crippen LogP contribution is 1.96. The maximum absolute atomic E-state index is 10.0. The smallest absolute Gasteiger partial charge is 0.0598 e. The Kier molecular flexibility index (Phi) is 4.20. The van der Waals surface area contributed by atoms with Crippen LogP contribution in [0.15, 0.2) is 0 Å². The van der Waals surface area contributed by atoms with Gasteiger partial charge in [-0.2, -0.15) is 0 Å². The van der Waals surface area contributed by atoms with E-state index in [1.165, 1.54) is 0 Å². The minimum atomic E-state index is 0.347. The molecule has 0 aliphatic rings. The van der Waals surface area contributed by atoms with Gasteiger partial charge in [0.25, 0.3) is 0 Å². The molecule has 0 aliphatic carbocycles. The fourth-order valence-electron chi connectivity index (χ4n) is 0.425. The lowest BCUT2D eigenvalue weighted by Gasteiger charge is -1.83. The Balaban J connectivity index is 3.16. The average molecular weight is 119 g/mol. The first-order chi connectivity index (χ1) is 3.35. The van der Waals surface area contributed by atoms with Crippen LogP contribution >= 0.6 is 0 Å². The molecule has 0 aliphatic heterocycles. The SMILES string of the molecule is CCC(CC)[S+]=O. The molecule has 0 atom stereocenters. The number of hydrogen-bond acceptors (Lipinski definition) is 1. The first-order valence-corrected chi connectivity index (χ1v) is 3.44. The lowest BCUT2D eigenvalue weighted by Crippen LogP contribution is -1.99. The van der Waals surface area contributed by atoms with Gasteiger partial charge in [0, 0.05) is 17.1 Å². The monoisotopic (exact) mass is 119 g/mol. The van der Waals surface area contributed by atoms with Crippen molar-refractivity contribution in [3.8, 4) is 0 Å². The second kappa shape index (κ2) is 4.19. The summed E-state index contributed by atoms with van der Waals surface area (Å²) in [7, 11) is 0. The van der Waals surface area contributed by atoms with Crippen LogP contribution in [-0.2, 0) is 15.9 Å². The van der Waals surface area contributed by atoms with Crippen molar-refractivity contribution in [2.24, 2.45) is 0 Å². The molecule has 0 N–H and O–H groups in total. The summed E-state index contributed by atoms with van der Waals surface area (Å²) in [6.07, 6.45) is 2.01. The summed E-state index contributed by atoms with van der Waals surface area (Å²) in [5.74, 6) is 0. The summed E-state index contributed by atoms with van der Waals surface area (Å²) in [5, 5.41) is 0.347. The quantitative estimate of drug-likeness (QED) is 0.516. The molecule has 1 nitrogen and oxygen atoms in total. The van der Waals surface area contributed by atoms with Crippen LogP contribution in [0.5, 0.6) is 0 Å². The molecule has 0 bridgehead atoms. The molecule has 0 amide bonds. The van der Waals surface area contributed by atoms with Gasteiger partial charge in [0.2, 0.25) is 5.25 Å². The molecule has 0 fully saturated rings. The molecule has 0 radical (unpaired) electrons. The van der Waals surface area contributed by atoms with E-state index in [0.29, 0.717) is 5.25 Å². The Morgan fingerprint density at radius 3 is 1.86 bits per heavy atom. The molecule has 0 saturated carbocycles. The van der Waals surface area contributed by atoms with Crippen molar-refractivity contribution in [2.45, 2.75) is 31.9 Å². The molecule has 7 heavy (non-hydrogen) atoms. The molecule has 0 heterocycles. The van der Waals surface area contributed by atoms with Gasteiger partial charge in [0.1, 0.15) is 0 Å². The molecule has 0 aromatic carbocycles. The standard InChI is InChI=1S/C5H11OS/c1-3-5(4-2)7-6/h5H,3-4H2,1-2H3/q+1. The molecule has 0 aromatic rings. The van der Waals surface area contributed by atoms with Gasteiger partial charge in [0.15, 0.2) is 0 Å². The van der Waals surface area contributed by atoms with Gasteiger partial charge in [-0.05, 0) is 0 Å². The Morgan fingerprint density at radius 1 is 1.43 bits per heavy atom. The maximum atomic E-state index is 10.0. The lowest BCUT2D eigenvalue weighted by atomic mass is 10.3. The first-order valence-electron chi connectivity index (χ1n) is 2.63. The van der Waals surface area contributed by atoms with E-state index in [4.69, 9.17) is 0 Å². The predicted molar refractivity (Wildman–Crippen MR) is 32.4 cm³/mol. The summed E-state index contributed by atoms with van der Waals surface area (Å²) < 4.78 is 10.0. The summed E-state index contributed by atoms with van der Waals surface area (Å²) in [6.45, 7) is 4.08. The third-order valence-electron chi connectivity index (χ3n) is 1.05. The van der Waals surface area contributed by atoms with Gasteiger partial charge in [-0.3, -0.25) is 0 Å². The molecule has 0 saturated heterocycles. The minimum Gasteiger partial charge on any atom is -0.0598 e. The van der Waals surface area contributed by atoms with Gasteiger partial charge in [-0.15, -0.1) is 0 Å².